The summed E-state index contributed by atoms with van der Waals surface area (Å²) in [6.45, 7) is 3.17. The third-order valence-electron chi connectivity index (χ3n) is 5.14. The van der Waals surface area contributed by atoms with Crippen LogP contribution >= 0.6 is 0 Å². The van der Waals surface area contributed by atoms with Gasteiger partial charge in [0, 0.05) is 36.2 Å². The zero-order valence-electron chi connectivity index (χ0n) is 12.2. The fraction of sp³-hybridized carbons (Fsp3) is 0.529. The third-order valence-corrected chi connectivity index (χ3v) is 5.14. The number of nitrogens with zero attached hydrogens (tertiary/aromatic N) is 1. The second-order valence-electron chi connectivity index (χ2n) is 6.24. The summed E-state index contributed by atoms with van der Waals surface area (Å²) in [5.74, 6) is 0. The first-order valence-electron chi connectivity index (χ1n) is 7.66. The molecule has 4 rings (SSSR count). The van der Waals surface area contributed by atoms with Gasteiger partial charge >= 0.3 is 0 Å². The summed E-state index contributed by atoms with van der Waals surface area (Å²) in [6, 6.07) is 9.20. The van der Waals surface area contributed by atoms with Gasteiger partial charge < -0.3 is 14.6 Å². The van der Waals surface area contributed by atoms with Gasteiger partial charge in [0.15, 0.2) is 0 Å². The quantitative estimate of drug-likeness (QED) is 0.928. The molecule has 2 aliphatic heterocycles. The number of fused-ring (bicyclic) bond motifs is 3. The molecule has 0 radical (unpaired) electrons. The Hall–Kier alpha value is -1.32. The third kappa shape index (κ3) is 1.80. The van der Waals surface area contributed by atoms with Crippen molar-refractivity contribution >= 4 is 10.9 Å². The van der Waals surface area contributed by atoms with Crippen molar-refractivity contribution in [2.45, 2.75) is 51.0 Å². The zero-order valence-corrected chi connectivity index (χ0v) is 12.2. The van der Waals surface area contributed by atoms with Gasteiger partial charge in [-0.2, -0.15) is 0 Å². The van der Waals surface area contributed by atoms with E-state index in [0.29, 0.717) is 18.2 Å². The molecule has 2 saturated heterocycles. The highest BCUT2D eigenvalue weighted by molar-refractivity contribution is 5.85. The zero-order chi connectivity index (χ0) is 13.7. The average Bonchev–Trinajstić information content (AvgIpc) is 3.14. The maximum Gasteiger partial charge on any atom is 0.0733 e. The lowest BCUT2D eigenvalue weighted by atomic mass is 9.95. The topological polar surface area (TPSA) is 26.2 Å². The van der Waals surface area contributed by atoms with Gasteiger partial charge in [-0.15, -0.1) is 0 Å². The average molecular weight is 270 g/mol. The molecule has 2 bridgehead atoms. The minimum Gasteiger partial charge on any atom is -0.373 e. The second-order valence-corrected chi connectivity index (χ2v) is 6.24. The molecule has 1 N–H and O–H groups in total. The van der Waals surface area contributed by atoms with Crippen molar-refractivity contribution in [2.75, 3.05) is 0 Å². The Bertz CT molecular complexity index is 607. The van der Waals surface area contributed by atoms with Crippen LogP contribution in [0, 0.1) is 6.92 Å². The van der Waals surface area contributed by atoms with Crippen LogP contribution in [0.3, 0.4) is 0 Å². The molecule has 2 fully saturated rings. The van der Waals surface area contributed by atoms with Gasteiger partial charge in [-0.3, -0.25) is 0 Å². The summed E-state index contributed by atoms with van der Waals surface area (Å²) in [5, 5.41) is 5.10. The Labute approximate surface area is 119 Å². The van der Waals surface area contributed by atoms with E-state index < -0.39 is 0 Å². The summed E-state index contributed by atoms with van der Waals surface area (Å²) in [7, 11) is 2.17. The van der Waals surface area contributed by atoms with E-state index in [-0.39, 0.29) is 0 Å². The Balaban J connectivity index is 1.57. The molecule has 3 unspecified atom stereocenters. The Morgan fingerprint density at radius 3 is 2.85 bits per heavy atom. The number of benzene rings is 1. The highest BCUT2D eigenvalue weighted by Crippen LogP contribution is 2.34. The normalized spacial score (nSPS) is 28.6. The minimum atomic E-state index is 0.454. The number of nitrogens with one attached hydrogen (secondary N) is 1. The molecule has 3 atom stereocenters. The van der Waals surface area contributed by atoms with Crippen LogP contribution in [-0.2, 0) is 18.3 Å². The van der Waals surface area contributed by atoms with Gasteiger partial charge in [0.05, 0.1) is 12.2 Å². The van der Waals surface area contributed by atoms with Crippen LogP contribution in [0.5, 0.6) is 0 Å². The summed E-state index contributed by atoms with van der Waals surface area (Å²) in [4.78, 5) is 0. The number of rotatable bonds is 3. The highest BCUT2D eigenvalue weighted by atomic mass is 16.5. The van der Waals surface area contributed by atoms with E-state index in [9.17, 15) is 0 Å². The summed E-state index contributed by atoms with van der Waals surface area (Å²) in [5.41, 5.74) is 4.12. The molecule has 3 heterocycles. The number of aryl methyl sites for hydroxylation is 2. The summed E-state index contributed by atoms with van der Waals surface area (Å²) >= 11 is 0. The predicted octanol–water partition coefficient (Wildman–Crippen LogP) is 2.90. The molecule has 20 heavy (non-hydrogen) atoms. The molecule has 0 saturated carbocycles. The first kappa shape index (κ1) is 12.4. The Morgan fingerprint density at radius 2 is 2.15 bits per heavy atom. The van der Waals surface area contributed by atoms with Gasteiger partial charge in [0.25, 0.3) is 0 Å². The van der Waals surface area contributed by atoms with Gasteiger partial charge in [0.1, 0.15) is 0 Å². The van der Waals surface area contributed by atoms with E-state index in [0.717, 1.165) is 6.54 Å². The second kappa shape index (κ2) is 4.61. The first-order valence-corrected chi connectivity index (χ1v) is 7.66. The fourth-order valence-corrected chi connectivity index (χ4v) is 3.97. The summed E-state index contributed by atoms with van der Waals surface area (Å²) < 4.78 is 8.25. The lowest BCUT2D eigenvalue weighted by Crippen LogP contribution is -2.37. The lowest BCUT2D eigenvalue weighted by Gasteiger charge is -2.20. The first-order chi connectivity index (χ1) is 9.74. The van der Waals surface area contributed by atoms with Gasteiger partial charge in [-0.25, -0.2) is 0 Å². The molecule has 1 aromatic heterocycles. The molecule has 0 aliphatic carbocycles. The molecular weight excluding hydrogens is 248 g/mol. The van der Waals surface area contributed by atoms with E-state index in [1.807, 2.05) is 0 Å². The van der Waals surface area contributed by atoms with Gasteiger partial charge in [-0.1, -0.05) is 18.2 Å². The molecule has 106 valence electrons. The molecule has 0 spiro atoms. The van der Waals surface area contributed by atoms with Crippen LogP contribution in [0.4, 0.5) is 0 Å². The standard InChI is InChI=1S/C17H22N2O/c1-11-13-5-3-4-6-15(13)19(2)16(11)10-18-14-9-12-7-8-17(14)20-12/h3-6,12,14,17-18H,7-10H2,1-2H3. The fourth-order valence-electron chi connectivity index (χ4n) is 3.97. The van der Waals surface area contributed by atoms with Crippen molar-refractivity contribution in [1.29, 1.82) is 0 Å². The Morgan fingerprint density at radius 1 is 1.30 bits per heavy atom. The smallest absolute Gasteiger partial charge is 0.0733 e. The molecule has 2 aromatic rings. The van der Waals surface area contributed by atoms with Crippen molar-refractivity contribution in [2.24, 2.45) is 7.05 Å². The van der Waals surface area contributed by atoms with Crippen LogP contribution in [0.2, 0.25) is 0 Å². The van der Waals surface area contributed by atoms with Crippen molar-refractivity contribution in [3.63, 3.8) is 0 Å². The molecule has 1 aromatic carbocycles. The number of aromatic nitrogens is 1. The number of hydrogen-bond donors (Lipinski definition) is 1. The molecule has 3 heteroatoms. The number of para-hydroxylation sites is 1. The molecule has 2 aliphatic rings. The summed E-state index contributed by atoms with van der Waals surface area (Å²) in [6.07, 6.45) is 4.65. The van der Waals surface area contributed by atoms with E-state index in [4.69, 9.17) is 4.74 Å². The van der Waals surface area contributed by atoms with Crippen molar-refractivity contribution in [3.05, 3.63) is 35.5 Å². The van der Waals surface area contributed by atoms with Crippen LogP contribution in [0.15, 0.2) is 24.3 Å². The largest absolute Gasteiger partial charge is 0.373 e. The van der Waals surface area contributed by atoms with Crippen molar-refractivity contribution in [3.8, 4) is 0 Å². The van der Waals surface area contributed by atoms with Gasteiger partial charge in [-0.05, 0) is 37.8 Å². The maximum atomic E-state index is 5.92. The minimum absolute atomic E-state index is 0.454. The lowest BCUT2D eigenvalue weighted by molar-refractivity contribution is 0.0972. The maximum absolute atomic E-state index is 5.92. The van der Waals surface area contributed by atoms with Crippen LogP contribution < -0.4 is 5.32 Å². The van der Waals surface area contributed by atoms with E-state index >= 15 is 0 Å². The van der Waals surface area contributed by atoms with Gasteiger partial charge in [0.2, 0.25) is 0 Å². The predicted molar refractivity (Wildman–Crippen MR) is 80.8 cm³/mol. The monoisotopic (exact) mass is 270 g/mol. The van der Waals surface area contributed by atoms with Crippen LogP contribution in [-0.4, -0.2) is 22.8 Å². The Kier molecular flexibility index (Phi) is 2.86. The van der Waals surface area contributed by atoms with E-state index in [1.54, 1.807) is 0 Å². The van der Waals surface area contributed by atoms with Crippen molar-refractivity contribution in [1.82, 2.24) is 9.88 Å². The van der Waals surface area contributed by atoms with Crippen LogP contribution in [0.1, 0.15) is 30.5 Å². The van der Waals surface area contributed by atoms with Crippen LogP contribution in [0.25, 0.3) is 10.9 Å². The number of hydrogen-bond acceptors (Lipinski definition) is 2. The molecule has 3 nitrogen and oxygen atoms in total. The SMILES string of the molecule is Cc1c(CNC2CC3CCC2O3)n(C)c2ccccc12. The molecular formula is C17H22N2O. The van der Waals surface area contributed by atoms with Crippen molar-refractivity contribution < 1.29 is 4.74 Å². The van der Waals surface area contributed by atoms with E-state index in [2.05, 4.69) is 48.1 Å². The highest BCUT2D eigenvalue weighted by Gasteiger charge is 2.40. The van der Waals surface area contributed by atoms with E-state index in [1.165, 1.54) is 41.4 Å². The molecule has 0 amide bonds. The number of ether oxygens (including phenoxy) is 1.